The molecular formula is C15H16BrNO4. The molecule has 5 nitrogen and oxygen atoms in total. The second-order valence-electron chi connectivity index (χ2n) is 5.55. The van der Waals surface area contributed by atoms with E-state index in [1.54, 1.807) is 39.0 Å². The summed E-state index contributed by atoms with van der Waals surface area (Å²) in [6.45, 7) is 5.38. The molecule has 0 bridgehead atoms. The van der Waals surface area contributed by atoms with Gasteiger partial charge in [-0.3, -0.25) is 4.57 Å². The Kier molecular flexibility index (Phi) is 4.09. The lowest BCUT2D eigenvalue weighted by Crippen LogP contribution is -2.23. The highest BCUT2D eigenvalue weighted by Gasteiger charge is 2.23. The number of carbonyl (C=O) groups is 2. The zero-order valence-electron chi connectivity index (χ0n) is 12.3. The second-order valence-corrected chi connectivity index (χ2v) is 6.46. The summed E-state index contributed by atoms with van der Waals surface area (Å²) < 4.78 is 12.2. The highest BCUT2D eigenvalue weighted by Crippen LogP contribution is 2.27. The predicted molar refractivity (Wildman–Crippen MR) is 82.6 cm³/mol. The first-order valence-electron chi connectivity index (χ1n) is 6.35. The van der Waals surface area contributed by atoms with Crippen LogP contribution < -0.4 is 0 Å². The molecule has 0 fully saturated rings. The van der Waals surface area contributed by atoms with Crippen molar-refractivity contribution in [3.05, 3.63) is 34.4 Å². The van der Waals surface area contributed by atoms with E-state index in [-0.39, 0.29) is 0 Å². The zero-order valence-corrected chi connectivity index (χ0v) is 13.9. The quantitative estimate of drug-likeness (QED) is 0.727. The minimum Gasteiger partial charge on any atom is -0.456 e. The summed E-state index contributed by atoms with van der Waals surface area (Å²) in [5.74, 6) is -0.478. The van der Waals surface area contributed by atoms with Gasteiger partial charge >= 0.3 is 12.1 Å². The van der Waals surface area contributed by atoms with Crippen molar-refractivity contribution in [1.82, 2.24) is 4.57 Å². The van der Waals surface area contributed by atoms with Crippen LogP contribution in [-0.2, 0) is 9.47 Å². The van der Waals surface area contributed by atoms with Gasteiger partial charge in [-0.25, -0.2) is 9.59 Å². The molecule has 0 aliphatic heterocycles. The van der Waals surface area contributed by atoms with E-state index in [2.05, 4.69) is 15.9 Å². The number of aromatic nitrogens is 1. The third-order valence-corrected chi connectivity index (χ3v) is 3.25. The van der Waals surface area contributed by atoms with Gasteiger partial charge in [-0.05, 0) is 39.0 Å². The molecule has 1 aromatic carbocycles. The van der Waals surface area contributed by atoms with Crippen molar-refractivity contribution >= 4 is 38.9 Å². The Morgan fingerprint density at radius 2 is 1.90 bits per heavy atom. The van der Waals surface area contributed by atoms with Crippen LogP contribution in [0, 0.1) is 0 Å². The second kappa shape index (κ2) is 5.52. The molecule has 0 spiro atoms. The Hall–Kier alpha value is -1.82. The van der Waals surface area contributed by atoms with Gasteiger partial charge in [-0.2, -0.15) is 0 Å². The molecule has 0 saturated carbocycles. The maximum Gasteiger partial charge on any atom is 0.418 e. The number of carbonyl (C=O) groups excluding carboxylic acids is 2. The van der Waals surface area contributed by atoms with Crippen molar-refractivity contribution in [1.29, 1.82) is 0 Å². The number of hydrogen-bond donors (Lipinski definition) is 0. The number of halogens is 1. The molecule has 1 heterocycles. The molecule has 0 atom stereocenters. The summed E-state index contributed by atoms with van der Waals surface area (Å²) in [5, 5.41) is 0.629. The van der Waals surface area contributed by atoms with Gasteiger partial charge < -0.3 is 9.47 Å². The smallest absolute Gasteiger partial charge is 0.418 e. The van der Waals surface area contributed by atoms with Crippen LogP contribution >= 0.6 is 15.9 Å². The Bertz CT molecular complexity index is 712. The molecule has 21 heavy (non-hydrogen) atoms. The highest BCUT2D eigenvalue weighted by atomic mass is 79.9. The fraction of sp³-hybridized carbons (Fsp3) is 0.333. The first kappa shape index (κ1) is 15.6. The van der Waals surface area contributed by atoms with Crippen LogP contribution in [0.3, 0.4) is 0 Å². The normalized spacial score (nSPS) is 11.5. The van der Waals surface area contributed by atoms with Crippen LogP contribution in [0.15, 0.2) is 28.9 Å². The van der Waals surface area contributed by atoms with E-state index < -0.39 is 17.7 Å². The SMILES string of the molecule is COC(=O)n1cc(C(=O)OC(C)(C)C)c2cc(Br)ccc21. The lowest BCUT2D eigenvalue weighted by atomic mass is 10.1. The van der Waals surface area contributed by atoms with E-state index in [0.717, 1.165) is 4.47 Å². The van der Waals surface area contributed by atoms with E-state index in [1.807, 2.05) is 0 Å². The molecule has 112 valence electrons. The van der Waals surface area contributed by atoms with Crippen LogP contribution in [0.4, 0.5) is 4.79 Å². The van der Waals surface area contributed by atoms with Crippen molar-refractivity contribution in [2.75, 3.05) is 7.11 Å². The first-order valence-corrected chi connectivity index (χ1v) is 7.14. The zero-order chi connectivity index (χ0) is 15.8. The fourth-order valence-corrected chi connectivity index (χ4v) is 2.31. The summed E-state index contributed by atoms with van der Waals surface area (Å²) in [6.07, 6.45) is 0.883. The molecule has 1 aromatic heterocycles. The molecule has 0 aliphatic rings. The minimum absolute atomic E-state index is 0.326. The van der Waals surface area contributed by atoms with E-state index in [0.29, 0.717) is 16.5 Å². The van der Waals surface area contributed by atoms with E-state index in [1.165, 1.54) is 17.9 Å². The van der Waals surface area contributed by atoms with Crippen LogP contribution in [-0.4, -0.2) is 29.3 Å². The molecule has 0 aliphatic carbocycles. The maximum atomic E-state index is 12.3. The van der Waals surface area contributed by atoms with Crippen molar-refractivity contribution < 1.29 is 19.1 Å². The monoisotopic (exact) mass is 353 g/mol. The molecule has 2 aromatic rings. The largest absolute Gasteiger partial charge is 0.456 e. The molecule has 0 radical (unpaired) electrons. The maximum absolute atomic E-state index is 12.3. The summed E-state index contributed by atoms with van der Waals surface area (Å²) in [4.78, 5) is 24.1. The van der Waals surface area contributed by atoms with Gasteiger partial charge in [0.25, 0.3) is 0 Å². The summed E-state index contributed by atoms with van der Waals surface area (Å²) >= 11 is 3.36. The highest BCUT2D eigenvalue weighted by molar-refractivity contribution is 9.10. The van der Waals surface area contributed by atoms with Gasteiger partial charge in [0.2, 0.25) is 0 Å². The van der Waals surface area contributed by atoms with Gasteiger partial charge in [-0.15, -0.1) is 0 Å². The summed E-state index contributed by atoms with van der Waals surface area (Å²) in [5.41, 5.74) is 0.306. The predicted octanol–water partition coefficient (Wildman–Crippen LogP) is 3.97. The van der Waals surface area contributed by atoms with Crippen LogP contribution in [0.25, 0.3) is 10.9 Å². The van der Waals surface area contributed by atoms with Crippen molar-refractivity contribution in [3.63, 3.8) is 0 Å². The number of esters is 1. The van der Waals surface area contributed by atoms with Gasteiger partial charge in [0.05, 0.1) is 18.2 Å². The Balaban J connectivity index is 2.60. The Morgan fingerprint density at radius 3 is 2.48 bits per heavy atom. The van der Waals surface area contributed by atoms with Crippen molar-refractivity contribution in [2.45, 2.75) is 26.4 Å². The van der Waals surface area contributed by atoms with Crippen molar-refractivity contribution in [3.8, 4) is 0 Å². The number of nitrogens with zero attached hydrogens (tertiary/aromatic N) is 1. The first-order chi connectivity index (χ1) is 9.73. The molecular weight excluding hydrogens is 338 g/mol. The molecule has 6 heteroatoms. The van der Waals surface area contributed by atoms with Gasteiger partial charge in [0.15, 0.2) is 0 Å². The van der Waals surface area contributed by atoms with Gasteiger partial charge in [-0.1, -0.05) is 15.9 Å². The fourth-order valence-electron chi connectivity index (χ4n) is 1.95. The number of methoxy groups -OCH3 is 1. The topological polar surface area (TPSA) is 57.5 Å². The van der Waals surface area contributed by atoms with E-state index >= 15 is 0 Å². The third kappa shape index (κ3) is 3.26. The third-order valence-electron chi connectivity index (χ3n) is 2.76. The van der Waals surface area contributed by atoms with Crippen molar-refractivity contribution in [2.24, 2.45) is 0 Å². The average Bonchev–Trinajstić information content (AvgIpc) is 2.74. The standard InChI is InChI=1S/C15H16BrNO4/c1-15(2,3)21-13(18)11-8-17(14(19)20-4)12-6-5-9(16)7-10(11)12/h5-8H,1-4H3. The summed E-state index contributed by atoms with van der Waals surface area (Å²) in [6, 6.07) is 5.30. The van der Waals surface area contributed by atoms with Crippen LogP contribution in [0.2, 0.25) is 0 Å². The lowest BCUT2D eigenvalue weighted by Gasteiger charge is -2.19. The number of benzene rings is 1. The molecule has 0 unspecified atom stereocenters. The number of fused-ring (bicyclic) bond motifs is 1. The summed E-state index contributed by atoms with van der Waals surface area (Å²) in [7, 11) is 1.29. The van der Waals surface area contributed by atoms with Crippen LogP contribution in [0.1, 0.15) is 31.1 Å². The molecule has 2 rings (SSSR count). The number of hydrogen-bond acceptors (Lipinski definition) is 4. The molecule has 0 N–H and O–H groups in total. The Labute approximate surface area is 131 Å². The van der Waals surface area contributed by atoms with Gasteiger partial charge in [0.1, 0.15) is 5.60 Å². The Morgan fingerprint density at radius 1 is 1.24 bits per heavy atom. The van der Waals surface area contributed by atoms with Gasteiger partial charge in [0, 0.05) is 16.1 Å². The van der Waals surface area contributed by atoms with Crippen LogP contribution in [0.5, 0.6) is 0 Å². The average molecular weight is 354 g/mol. The molecule has 0 saturated heterocycles. The molecule has 0 amide bonds. The number of ether oxygens (including phenoxy) is 2. The lowest BCUT2D eigenvalue weighted by molar-refractivity contribution is 0.00718. The van der Waals surface area contributed by atoms with E-state index in [4.69, 9.17) is 9.47 Å². The van der Waals surface area contributed by atoms with E-state index in [9.17, 15) is 9.59 Å². The number of rotatable bonds is 1. The minimum atomic E-state index is -0.608.